The zero-order valence-corrected chi connectivity index (χ0v) is 11.4. The van der Waals surface area contributed by atoms with Crippen molar-refractivity contribution in [3.05, 3.63) is 35.4 Å². The van der Waals surface area contributed by atoms with E-state index in [1.165, 1.54) is 6.07 Å². The van der Waals surface area contributed by atoms with Crippen LogP contribution in [0.2, 0.25) is 0 Å². The van der Waals surface area contributed by atoms with E-state index in [2.05, 4.69) is 5.32 Å². The molecule has 4 nitrogen and oxygen atoms in total. The molecule has 0 radical (unpaired) electrons. The van der Waals surface area contributed by atoms with E-state index in [9.17, 15) is 13.6 Å². The van der Waals surface area contributed by atoms with Gasteiger partial charge in [0.25, 0.3) is 0 Å². The molecular formula is C14H17F2NO3. The Morgan fingerprint density at radius 1 is 1.45 bits per heavy atom. The van der Waals surface area contributed by atoms with Gasteiger partial charge in [0, 0.05) is 12.6 Å². The molecule has 1 saturated heterocycles. The normalized spacial score (nSPS) is 20.9. The molecule has 0 bridgehead atoms. The van der Waals surface area contributed by atoms with Gasteiger partial charge in [-0.1, -0.05) is 6.07 Å². The van der Waals surface area contributed by atoms with Gasteiger partial charge < -0.3 is 14.8 Å². The lowest BCUT2D eigenvalue weighted by molar-refractivity contribution is -0.139. The molecule has 20 heavy (non-hydrogen) atoms. The van der Waals surface area contributed by atoms with Crippen LogP contribution in [0.15, 0.2) is 18.2 Å². The number of ether oxygens (including phenoxy) is 2. The molecule has 0 spiro atoms. The smallest absolute Gasteiger partial charge is 0.224 e. The Hall–Kier alpha value is -1.53. The molecule has 1 aromatic rings. The third-order valence-electron chi connectivity index (χ3n) is 2.96. The molecule has 1 aromatic carbocycles. The molecular weight excluding hydrogens is 268 g/mol. The van der Waals surface area contributed by atoms with Gasteiger partial charge in [-0.2, -0.15) is 0 Å². The van der Waals surface area contributed by atoms with Crippen molar-refractivity contribution in [2.24, 2.45) is 0 Å². The van der Waals surface area contributed by atoms with Crippen LogP contribution >= 0.6 is 0 Å². The highest BCUT2D eigenvalue weighted by Gasteiger charge is 2.32. The van der Waals surface area contributed by atoms with E-state index in [1.807, 2.05) is 0 Å². The maximum absolute atomic E-state index is 13.4. The minimum absolute atomic E-state index is 0.136. The average molecular weight is 285 g/mol. The highest BCUT2D eigenvalue weighted by atomic mass is 19.1. The zero-order valence-electron chi connectivity index (χ0n) is 11.4. The molecule has 1 unspecified atom stereocenters. The first kappa shape index (κ1) is 14.9. The second-order valence-corrected chi connectivity index (χ2v) is 5.17. The van der Waals surface area contributed by atoms with Crippen LogP contribution in [-0.2, 0) is 20.7 Å². The van der Waals surface area contributed by atoms with Crippen molar-refractivity contribution in [1.82, 2.24) is 5.32 Å². The first-order valence-electron chi connectivity index (χ1n) is 6.38. The summed E-state index contributed by atoms with van der Waals surface area (Å²) in [5.41, 5.74) is 0.160. The van der Waals surface area contributed by atoms with Gasteiger partial charge in [0.15, 0.2) is 5.79 Å². The van der Waals surface area contributed by atoms with Gasteiger partial charge >= 0.3 is 0 Å². The standard InChI is InChI=1S/C14H17F2NO3/c1-14(2)19-8-11(20-14)7-17-13(18)5-9-3-4-10(15)6-12(9)16/h3-4,6,11H,5,7-8H2,1-2H3,(H,17,18). The SMILES string of the molecule is CC1(C)OCC(CNC(=O)Cc2ccc(F)cc2F)O1. The molecule has 0 aromatic heterocycles. The molecule has 6 heteroatoms. The Kier molecular flexibility index (Phi) is 4.35. The van der Waals surface area contributed by atoms with Crippen molar-refractivity contribution in [2.45, 2.75) is 32.2 Å². The van der Waals surface area contributed by atoms with Gasteiger partial charge in [-0.3, -0.25) is 4.79 Å². The van der Waals surface area contributed by atoms with Crippen molar-refractivity contribution < 1.29 is 23.0 Å². The van der Waals surface area contributed by atoms with Crippen LogP contribution in [0.3, 0.4) is 0 Å². The van der Waals surface area contributed by atoms with E-state index >= 15 is 0 Å². The molecule has 2 rings (SSSR count). The van der Waals surface area contributed by atoms with Gasteiger partial charge in [-0.25, -0.2) is 8.78 Å². The molecule has 110 valence electrons. The maximum Gasteiger partial charge on any atom is 0.224 e. The number of benzene rings is 1. The summed E-state index contributed by atoms with van der Waals surface area (Å²) < 4.78 is 37.0. The lowest BCUT2D eigenvalue weighted by atomic mass is 10.1. The summed E-state index contributed by atoms with van der Waals surface area (Å²) >= 11 is 0. The van der Waals surface area contributed by atoms with Crippen LogP contribution in [0.25, 0.3) is 0 Å². The number of rotatable bonds is 4. The lowest BCUT2D eigenvalue weighted by Gasteiger charge is -2.17. The molecule has 1 atom stereocenters. The molecule has 0 saturated carbocycles. The number of hydrogen-bond donors (Lipinski definition) is 1. The van der Waals surface area contributed by atoms with E-state index in [0.29, 0.717) is 13.2 Å². The Labute approximate surface area is 116 Å². The zero-order chi connectivity index (χ0) is 14.8. The first-order valence-corrected chi connectivity index (χ1v) is 6.38. The van der Waals surface area contributed by atoms with Crippen LogP contribution in [0.5, 0.6) is 0 Å². The second kappa shape index (κ2) is 5.85. The maximum atomic E-state index is 13.4. The summed E-state index contributed by atoms with van der Waals surface area (Å²) in [5, 5.41) is 2.65. The average Bonchev–Trinajstić information content (AvgIpc) is 2.70. The van der Waals surface area contributed by atoms with Crippen LogP contribution in [0, 0.1) is 11.6 Å². The second-order valence-electron chi connectivity index (χ2n) is 5.17. The Bertz CT molecular complexity index is 505. The summed E-state index contributed by atoms with van der Waals surface area (Å²) in [6.45, 7) is 4.29. The third kappa shape index (κ3) is 3.98. The minimum Gasteiger partial charge on any atom is -0.353 e. The van der Waals surface area contributed by atoms with Crippen LogP contribution < -0.4 is 5.32 Å². The van der Waals surface area contributed by atoms with Crippen LogP contribution in [0.1, 0.15) is 19.4 Å². The van der Waals surface area contributed by atoms with Crippen molar-refractivity contribution in [3.63, 3.8) is 0 Å². The number of carbonyl (C=O) groups is 1. The first-order chi connectivity index (χ1) is 9.35. The summed E-state index contributed by atoms with van der Waals surface area (Å²) in [6.07, 6.45) is -0.352. The summed E-state index contributed by atoms with van der Waals surface area (Å²) in [7, 11) is 0. The molecule has 1 aliphatic rings. The van der Waals surface area contributed by atoms with Crippen molar-refractivity contribution >= 4 is 5.91 Å². The molecule has 1 fully saturated rings. The number of halogens is 2. The van der Waals surface area contributed by atoms with Gasteiger partial charge in [-0.15, -0.1) is 0 Å². The predicted octanol–water partition coefficient (Wildman–Crippen LogP) is 1.77. The fourth-order valence-corrected chi connectivity index (χ4v) is 1.99. The quantitative estimate of drug-likeness (QED) is 0.917. The number of carbonyl (C=O) groups excluding carboxylic acids is 1. The van der Waals surface area contributed by atoms with Crippen molar-refractivity contribution in [3.8, 4) is 0 Å². The van der Waals surface area contributed by atoms with Crippen LogP contribution in [-0.4, -0.2) is 30.9 Å². The van der Waals surface area contributed by atoms with E-state index in [-0.39, 0.29) is 24.0 Å². The van der Waals surface area contributed by atoms with E-state index < -0.39 is 17.4 Å². The molecule has 1 aliphatic heterocycles. The molecule has 1 heterocycles. The van der Waals surface area contributed by atoms with E-state index in [1.54, 1.807) is 13.8 Å². The largest absolute Gasteiger partial charge is 0.353 e. The van der Waals surface area contributed by atoms with Crippen molar-refractivity contribution in [1.29, 1.82) is 0 Å². The highest BCUT2D eigenvalue weighted by Crippen LogP contribution is 2.21. The van der Waals surface area contributed by atoms with E-state index in [4.69, 9.17) is 9.47 Å². The third-order valence-corrected chi connectivity index (χ3v) is 2.96. The van der Waals surface area contributed by atoms with E-state index in [0.717, 1.165) is 12.1 Å². The summed E-state index contributed by atoms with van der Waals surface area (Å²) in [5.74, 6) is -2.37. The minimum atomic E-state index is -0.721. The highest BCUT2D eigenvalue weighted by molar-refractivity contribution is 5.78. The van der Waals surface area contributed by atoms with Gasteiger partial charge in [0.1, 0.15) is 17.7 Å². The number of nitrogens with one attached hydrogen (secondary N) is 1. The lowest BCUT2D eigenvalue weighted by Crippen LogP contribution is -2.35. The monoisotopic (exact) mass is 285 g/mol. The fourth-order valence-electron chi connectivity index (χ4n) is 1.99. The van der Waals surface area contributed by atoms with Gasteiger partial charge in [-0.05, 0) is 25.5 Å². The molecule has 0 aliphatic carbocycles. The Balaban J connectivity index is 1.81. The molecule has 1 N–H and O–H groups in total. The molecule has 1 amide bonds. The number of amides is 1. The predicted molar refractivity (Wildman–Crippen MR) is 68.0 cm³/mol. The topological polar surface area (TPSA) is 47.6 Å². The van der Waals surface area contributed by atoms with Crippen LogP contribution in [0.4, 0.5) is 8.78 Å². The Morgan fingerprint density at radius 3 is 2.80 bits per heavy atom. The fraction of sp³-hybridized carbons (Fsp3) is 0.500. The van der Waals surface area contributed by atoms with Crippen molar-refractivity contribution in [2.75, 3.05) is 13.2 Å². The summed E-state index contributed by atoms with van der Waals surface area (Å²) in [6, 6.07) is 3.16. The van der Waals surface area contributed by atoms with Gasteiger partial charge in [0.05, 0.1) is 13.0 Å². The number of hydrogen-bond acceptors (Lipinski definition) is 3. The van der Waals surface area contributed by atoms with Gasteiger partial charge in [0.2, 0.25) is 5.91 Å². The Morgan fingerprint density at radius 2 is 2.20 bits per heavy atom. The summed E-state index contributed by atoms with van der Waals surface area (Å²) in [4.78, 5) is 11.7.